The average molecular weight is 371 g/mol. The molecule has 2 aromatic rings. The zero-order valence-corrected chi connectivity index (χ0v) is 13.9. The molecule has 0 aliphatic carbocycles. The quantitative estimate of drug-likeness (QED) is 0.476. The molecule has 0 spiro atoms. The van der Waals surface area contributed by atoms with Crippen LogP contribution in [0.25, 0.3) is 5.57 Å². The van der Waals surface area contributed by atoms with E-state index in [2.05, 4.69) is 5.32 Å². The first kappa shape index (κ1) is 19.2. The maximum Gasteiger partial charge on any atom is 0.317 e. The number of amides is 2. The highest BCUT2D eigenvalue weighted by atomic mass is 16.6. The van der Waals surface area contributed by atoms with Crippen molar-refractivity contribution >= 4 is 28.8 Å². The Kier molecular flexibility index (Phi) is 5.61. The van der Waals surface area contributed by atoms with E-state index in [1.54, 1.807) is 0 Å². The molecule has 1 aliphatic heterocycles. The van der Waals surface area contributed by atoms with Crippen LogP contribution in [-0.2, 0) is 9.59 Å². The minimum atomic E-state index is -0.887. The number of hydrogen-bond acceptors (Lipinski definition) is 7. The SMILES string of the molecule is Cc1ccccc1C1=CC(=O)NC1=O.O=[N+]([O-])c1ccc(O)c([N+](=O)[O-])c1. The molecule has 0 bridgehead atoms. The van der Waals surface area contributed by atoms with Crippen LogP contribution < -0.4 is 5.32 Å². The minimum Gasteiger partial charge on any atom is -0.502 e. The smallest absolute Gasteiger partial charge is 0.317 e. The highest BCUT2D eigenvalue weighted by Crippen LogP contribution is 2.29. The van der Waals surface area contributed by atoms with E-state index in [0.29, 0.717) is 11.6 Å². The molecule has 2 N–H and O–H groups in total. The highest BCUT2D eigenvalue weighted by Gasteiger charge is 2.22. The lowest BCUT2D eigenvalue weighted by Gasteiger charge is -2.03. The van der Waals surface area contributed by atoms with Crippen LogP contribution in [0.2, 0.25) is 0 Å². The van der Waals surface area contributed by atoms with Gasteiger partial charge in [0.15, 0.2) is 5.75 Å². The molecule has 10 heteroatoms. The van der Waals surface area contributed by atoms with Crippen molar-refractivity contribution in [3.05, 3.63) is 79.9 Å². The van der Waals surface area contributed by atoms with Crippen molar-refractivity contribution in [1.29, 1.82) is 0 Å². The van der Waals surface area contributed by atoms with Gasteiger partial charge in [-0.2, -0.15) is 0 Å². The molecule has 0 fully saturated rings. The summed E-state index contributed by atoms with van der Waals surface area (Å²) in [6.45, 7) is 1.91. The van der Waals surface area contributed by atoms with Gasteiger partial charge in [0.2, 0.25) is 0 Å². The lowest BCUT2D eigenvalue weighted by molar-refractivity contribution is -0.394. The lowest BCUT2D eigenvalue weighted by atomic mass is 10.0. The van der Waals surface area contributed by atoms with Gasteiger partial charge >= 0.3 is 5.69 Å². The van der Waals surface area contributed by atoms with Crippen molar-refractivity contribution < 1.29 is 24.5 Å². The van der Waals surface area contributed by atoms with Gasteiger partial charge < -0.3 is 5.11 Å². The van der Waals surface area contributed by atoms with E-state index in [-0.39, 0.29) is 11.8 Å². The first-order chi connectivity index (χ1) is 12.7. The van der Waals surface area contributed by atoms with Gasteiger partial charge in [-0.25, -0.2) is 0 Å². The molecule has 138 valence electrons. The number of aryl methyl sites for hydroxylation is 1. The molecule has 1 heterocycles. The molecule has 0 radical (unpaired) electrons. The number of aromatic hydroxyl groups is 1. The van der Waals surface area contributed by atoms with E-state index < -0.39 is 27.0 Å². The predicted octanol–water partition coefficient (Wildman–Crippen LogP) is 2.24. The van der Waals surface area contributed by atoms with Gasteiger partial charge in [-0.05, 0) is 24.1 Å². The number of imide groups is 1. The van der Waals surface area contributed by atoms with Crippen LogP contribution in [0.5, 0.6) is 5.75 Å². The Balaban J connectivity index is 0.000000194. The maximum atomic E-state index is 11.3. The molecule has 2 aromatic carbocycles. The Hall–Kier alpha value is -4.08. The third-order valence-corrected chi connectivity index (χ3v) is 3.56. The third kappa shape index (κ3) is 4.51. The fraction of sp³-hybridized carbons (Fsp3) is 0.0588. The second-order valence-electron chi connectivity index (χ2n) is 5.38. The number of non-ortho nitro benzene ring substituents is 1. The molecule has 2 amide bonds. The van der Waals surface area contributed by atoms with E-state index in [9.17, 15) is 29.8 Å². The Bertz CT molecular complexity index is 982. The molecule has 0 saturated carbocycles. The van der Waals surface area contributed by atoms with Gasteiger partial charge in [0.05, 0.1) is 21.5 Å². The molecule has 27 heavy (non-hydrogen) atoms. The van der Waals surface area contributed by atoms with Crippen molar-refractivity contribution in [2.24, 2.45) is 0 Å². The number of nitrogens with one attached hydrogen (secondary N) is 1. The van der Waals surface area contributed by atoms with Crippen molar-refractivity contribution in [2.75, 3.05) is 0 Å². The summed E-state index contributed by atoms with van der Waals surface area (Å²) in [5, 5.41) is 31.6. The van der Waals surface area contributed by atoms with Crippen LogP contribution in [-0.4, -0.2) is 26.8 Å². The summed E-state index contributed by atoms with van der Waals surface area (Å²) in [6.07, 6.45) is 1.34. The molecule has 3 rings (SSSR count). The summed E-state index contributed by atoms with van der Waals surface area (Å²) in [5.41, 5.74) is 1.16. The number of carbonyl (C=O) groups is 2. The van der Waals surface area contributed by atoms with E-state index in [0.717, 1.165) is 23.3 Å². The van der Waals surface area contributed by atoms with Crippen molar-refractivity contribution in [3.63, 3.8) is 0 Å². The van der Waals surface area contributed by atoms with Crippen LogP contribution in [0.4, 0.5) is 11.4 Å². The van der Waals surface area contributed by atoms with Crippen molar-refractivity contribution in [3.8, 4) is 5.75 Å². The monoisotopic (exact) mass is 371 g/mol. The Morgan fingerprint density at radius 1 is 1.00 bits per heavy atom. The fourth-order valence-corrected chi connectivity index (χ4v) is 2.26. The lowest BCUT2D eigenvalue weighted by Crippen LogP contribution is -2.21. The second kappa shape index (κ2) is 7.87. The number of nitro benzene ring substituents is 2. The standard InChI is InChI=1S/C11H9NO2.C6H4N2O5/c1-7-4-2-3-5-8(7)9-6-10(13)12-11(9)14;9-6-2-1-4(7(10)11)3-5(6)8(12)13/h2-6H,1H3,(H,12,13,14);1-3,9H. The van der Waals surface area contributed by atoms with Crippen LogP contribution in [0.3, 0.4) is 0 Å². The van der Waals surface area contributed by atoms with Gasteiger partial charge in [-0.3, -0.25) is 35.1 Å². The first-order valence-electron chi connectivity index (χ1n) is 7.45. The van der Waals surface area contributed by atoms with Crippen LogP contribution in [0.1, 0.15) is 11.1 Å². The molecule has 0 aromatic heterocycles. The number of phenols is 1. The van der Waals surface area contributed by atoms with E-state index in [1.807, 2.05) is 31.2 Å². The molecular weight excluding hydrogens is 358 g/mol. The summed E-state index contributed by atoms with van der Waals surface area (Å²) >= 11 is 0. The van der Waals surface area contributed by atoms with Crippen LogP contribution >= 0.6 is 0 Å². The Labute approximate surface area is 152 Å². The molecule has 0 unspecified atom stereocenters. The van der Waals surface area contributed by atoms with Gasteiger partial charge in [-0.1, -0.05) is 24.3 Å². The normalized spacial score (nSPS) is 12.6. The van der Waals surface area contributed by atoms with E-state index in [4.69, 9.17) is 5.11 Å². The zero-order valence-electron chi connectivity index (χ0n) is 13.9. The van der Waals surface area contributed by atoms with E-state index >= 15 is 0 Å². The van der Waals surface area contributed by atoms with Crippen molar-refractivity contribution in [1.82, 2.24) is 5.32 Å². The number of carbonyl (C=O) groups excluding carboxylic acids is 2. The number of benzene rings is 2. The van der Waals surface area contributed by atoms with Gasteiger partial charge in [0.1, 0.15) is 0 Å². The number of nitrogens with zero attached hydrogens (tertiary/aromatic N) is 2. The topological polar surface area (TPSA) is 153 Å². The summed E-state index contributed by atoms with van der Waals surface area (Å²) in [5.74, 6) is -1.24. The minimum absolute atomic E-state index is 0.315. The first-order valence-corrected chi connectivity index (χ1v) is 7.45. The molecular formula is C17H13N3O7. The Morgan fingerprint density at radius 2 is 1.67 bits per heavy atom. The van der Waals surface area contributed by atoms with Crippen LogP contribution in [0, 0.1) is 27.2 Å². The molecule has 10 nitrogen and oxygen atoms in total. The zero-order chi connectivity index (χ0) is 20.1. The largest absolute Gasteiger partial charge is 0.502 e. The summed E-state index contributed by atoms with van der Waals surface area (Å²) < 4.78 is 0. The highest BCUT2D eigenvalue weighted by molar-refractivity contribution is 6.33. The molecule has 1 aliphatic rings. The van der Waals surface area contributed by atoms with Crippen LogP contribution in [0.15, 0.2) is 48.5 Å². The summed E-state index contributed by atoms with van der Waals surface area (Å²) in [4.78, 5) is 41.0. The molecule has 0 saturated heterocycles. The number of rotatable bonds is 3. The van der Waals surface area contributed by atoms with Gasteiger partial charge in [0, 0.05) is 12.1 Å². The summed E-state index contributed by atoms with van der Waals surface area (Å²) in [6, 6.07) is 10.1. The number of nitro groups is 2. The average Bonchev–Trinajstić information content (AvgIpc) is 2.94. The van der Waals surface area contributed by atoms with Crippen molar-refractivity contribution in [2.45, 2.75) is 6.92 Å². The summed E-state index contributed by atoms with van der Waals surface area (Å²) in [7, 11) is 0. The van der Waals surface area contributed by atoms with Gasteiger partial charge in [0.25, 0.3) is 17.5 Å². The number of hydrogen-bond donors (Lipinski definition) is 2. The maximum absolute atomic E-state index is 11.3. The third-order valence-electron chi connectivity index (χ3n) is 3.56. The van der Waals surface area contributed by atoms with E-state index in [1.165, 1.54) is 6.08 Å². The second-order valence-corrected chi connectivity index (χ2v) is 5.38. The number of phenolic OH excluding ortho intramolecular Hbond substituents is 1. The van der Waals surface area contributed by atoms with Gasteiger partial charge in [-0.15, -0.1) is 0 Å². The Morgan fingerprint density at radius 3 is 2.19 bits per heavy atom. The predicted molar refractivity (Wildman–Crippen MR) is 93.7 cm³/mol. The molecule has 0 atom stereocenters. The fourth-order valence-electron chi connectivity index (χ4n) is 2.26.